The van der Waals surface area contributed by atoms with Crippen LogP contribution in [-0.4, -0.2) is 25.2 Å². The van der Waals surface area contributed by atoms with Gasteiger partial charge < -0.3 is 9.47 Å². The first-order valence-corrected chi connectivity index (χ1v) is 13.4. The van der Waals surface area contributed by atoms with Crippen molar-refractivity contribution in [2.45, 2.75) is 131 Å². The Balaban J connectivity index is 2.18. The first kappa shape index (κ1) is 29.0. The van der Waals surface area contributed by atoms with Crippen LogP contribution in [0.2, 0.25) is 0 Å². The summed E-state index contributed by atoms with van der Waals surface area (Å²) in [5, 5.41) is 0. The average molecular weight is 453 g/mol. The molecule has 0 N–H and O–H groups in total. The summed E-state index contributed by atoms with van der Waals surface area (Å²) in [5.41, 5.74) is 0.651. The van der Waals surface area contributed by atoms with Crippen LogP contribution in [0.1, 0.15) is 131 Å². The number of unbranched alkanes of at least 4 members (excludes halogenated alkanes) is 2. The molecule has 0 aliphatic heterocycles. The molecule has 1 rings (SSSR count). The lowest BCUT2D eigenvalue weighted by Gasteiger charge is -2.27. The van der Waals surface area contributed by atoms with Crippen LogP contribution in [0.3, 0.4) is 0 Å². The van der Waals surface area contributed by atoms with Gasteiger partial charge >= 0.3 is 11.9 Å². The van der Waals surface area contributed by atoms with Crippen molar-refractivity contribution >= 4 is 11.9 Å². The number of rotatable bonds is 16. The maximum atomic E-state index is 12.4. The lowest BCUT2D eigenvalue weighted by atomic mass is 9.82. The molecule has 1 saturated carbocycles. The van der Waals surface area contributed by atoms with E-state index < -0.39 is 0 Å². The normalized spacial score (nSPS) is 19.6. The first-order valence-electron chi connectivity index (χ1n) is 13.4. The maximum Gasteiger partial charge on any atom is 0.308 e. The minimum absolute atomic E-state index is 0.0495. The minimum Gasteiger partial charge on any atom is -0.465 e. The molecule has 0 aromatic rings. The Bertz CT molecular complexity index is 482. The molecular weight excluding hydrogens is 400 g/mol. The molecular formula is C28H52O4. The highest BCUT2D eigenvalue weighted by Gasteiger charge is 2.31. The summed E-state index contributed by atoms with van der Waals surface area (Å²) < 4.78 is 11.1. The highest BCUT2D eigenvalue weighted by molar-refractivity contribution is 5.75. The number of carbonyl (C=O) groups excluding carboxylic acids is 2. The number of esters is 2. The molecule has 0 aromatic carbocycles. The largest absolute Gasteiger partial charge is 0.465 e. The highest BCUT2D eigenvalue weighted by atomic mass is 16.5. The lowest BCUT2D eigenvalue weighted by molar-refractivity contribution is -0.155. The van der Waals surface area contributed by atoms with Crippen molar-refractivity contribution in [3.05, 3.63) is 0 Å². The van der Waals surface area contributed by atoms with E-state index in [4.69, 9.17) is 9.47 Å². The Morgan fingerprint density at radius 1 is 0.625 bits per heavy atom. The summed E-state index contributed by atoms with van der Waals surface area (Å²) in [7, 11) is 0. The topological polar surface area (TPSA) is 52.6 Å². The molecule has 0 amide bonds. The fourth-order valence-electron chi connectivity index (χ4n) is 4.81. The van der Waals surface area contributed by atoms with Gasteiger partial charge in [0.1, 0.15) is 0 Å². The van der Waals surface area contributed by atoms with Crippen molar-refractivity contribution in [3.63, 3.8) is 0 Å². The number of ether oxygens (including phenoxy) is 2. The molecule has 4 heteroatoms. The quantitative estimate of drug-likeness (QED) is 0.176. The van der Waals surface area contributed by atoms with Crippen molar-refractivity contribution < 1.29 is 19.1 Å². The van der Waals surface area contributed by atoms with Gasteiger partial charge in [-0.2, -0.15) is 0 Å². The van der Waals surface area contributed by atoms with Crippen molar-refractivity contribution in [2.24, 2.45) is 22.7 Å². The zero-order valence-corrected chi connectivity index (χ0v) is 22.1. The summed E-state index contributed by atoms with van der Waals surface area (Å²) >= 11 is 0. The van der Waals surface area contributed by atoms with Crippen molar-refractivity contribution in [1.82, 2.24) is 0 Å². The predicted molar refractivity (Wildman–Crippen MR) is 132 cm³/mol. The third kappa shape index (κ3) is 12.3. The van der Waals surface area contributed by atoms with E-state index in [9.17, 15) is 9.59 Å². The molecule has 0 heterocycles. The Morgan fingerprint density at radius 2 is 0.938 bits per heavy atom. The van der Waals surface area contributed by atoms with Gasteiger partial charge in [0.25, 0.3) is 0 Å². The number of carbonyl (C=O) groups is 2. The van der Waals surface area contributed by atoms with E-state index in [0.29, 0.717) is 24.0 Å². The smallest absolute Gasteiger partial charge is 0.308 e. The second-order valence-electron chi connectivity index (χ2n) is 11.6. The number of hydrogen-bond donors (Lipinski definition) is 0. The highest BCUT2D eigenvalue weighted by Crippen LogP contribution is 2.32. The van der Waals surface area contributed by atoms with Gasteiger partial charge in [0.2, 0.25) is 0 Å². The van der Waals surface area contributed by atoms with E-state index in [-0.39, 0.29) is 23.8 Å². The second-order valence-corrected chi connectivity index (χ2v) is 11.6. The average Bonchev–Trinajstić information content (AvgIpc) is 2.76. The van der Waals surface area contributed by atoms with Crippen LogP contribution in [0, 0.1) is 22.7 Å². The molecule has 0 saturated heterocycles. The van der Waals surface area contributed by atoms with Gasteiger partial charge in [-0.25, -0.2) is 0 Å². The van der Waals surface area contributed by atoms with E-state index in [0.717, 1.165) is 51.4 Å². The fourth-order valence-corrected chi connectivity index (χ4v) is 4.81. The molecule has 0 radical (unpaired) electrons. The van der Waals surface area contributed by atoms with E-state index in [1.807, 2.05) is 0 Å². The maximum absolute atomic E-state index is 12.4. The summed E-state index contributed by atoms with van der Waals surface area (Å²) in [6, 6.07) is 0. The van der Waals surface area contributed by atoms with Crippen LogP contribution >= 0.6 is 0 Å². The zero-order valence-electron chi connectivity index (χ0n) is 22.1. The van der Waals surface area contributed by atoms with Crippen LogP contribution in [0.15, 0.2) is 0 Å². The summed E-state index contributed by atoms with van der Waals surface area (Å²) in [6.45, 7) is 14.7. The van der Waals surface area contributed by atoms with Crippen LogP contribution in [0.4, 0.5) is 0 Å². The Morgan fingerprint density at radius 3 is 1.25 bits per heavy atom. The van der Waals surface area contributed by atoms with Crippen LogP contribution < -0.4 is 0 Å². The molecule has 0 bridgehead atoms. The fraction of sp³-hybridized carbons (Fsp3) is 0.929. The predicted octanol–water partition coefficient (Wildman–Crippen LogP) is 7.87. The van der Waals surface area contributed by atoms with Crippen LogP contribution in [0.5, 0.6) is 0 Å². The molecule has 4 nitrogen and oxygen atoms in total. The van der Waals surface area contributed by atoms with E-state index in [2.05, 4.69) is 41.5 Å². The van der Waals surface area contributed by atoms with E-state index in [1.165, 1.54) is 38.5 Å². The Hall–Kier alpha value is -1.06. The van der Waals surface area contributed by atoms with Crippen molar-refractivity contribution in [2.75, 3.05) is 13.2 Å². The van der Waals surface area contributed by atoms with Crippen LogP contribution in [-0.2, 0) is 19.1 Å². The van der Waals surface area contributed by atoms with Gasteiger partial charge in [0.15, 0.2) is 0 Å². The summed E-state index contributed by atoms with van der Waals surface area (Å²) in [5.74, 6) is -0.243. The molecule has 0 atom stereocenters. The third-order valence-electron chi connectivity index (χ3n) is 7.29. The van der Waals surface area contributed by atoms with Crippen molar-refractivity contribution in [3.8, 4) is 0 Å². The molecule has 0 aromatic heterocycles. The van der Waals surface area contributed by atoms with Crippen molar-refractivity contribution in [1.29, 1.82) is 0 Å². The molecule has 188 valence electrons. The lowest BCUT2D eigenvalue weighted by Crippen LogP contribution is -2.28. The molecule has 0 unspecified atom stereocenters. The molecule has 32 heavy (non-hydrogen) atoms. The van der Waals surface area contributed by atoms with Gasteiger partial charge in [-0.3, -0.25) is 9.59 Å². The zero-order chi connectivity index (χ0) is 24.0. The standard InChI is InChI=1S/C28H52O4/c1-7-9-17-27(3,4)19-11-21-31-25(29)23-13-15-24(16-14-23)26(30)32-22-12-20-28(5,6)18-10-8-2/h23-24H,7-22H2,1-6H3. The van der Waals surface area contributed by atoms with Gasteiger partial charge in [0, 0.05) is 0 Å². The number of hydrogen-bond acceptors (Lipinski definition) is 4. The first-order chi connectivity index (χ1) is 15.1. The Kier molecular flexibility index (Phi) is 13.5. The molecule has 0 spiro atoms. The third-order valence-corrected chi connectivity index (χ3v) is 7.29. The van der Waals surface area contributed by atoms with Gasteiger partial charge in [-0.1, -0.05) is 67.2 Å². The van der Waals surface area contributed by atoms with E-state index in [1.54, 1.807) is 0 Å². The second kappa shape index (κ2) is 15.0. The summed E-state index contributed by atoms with van der Waals surface area (Å²) in [6.07, 6.45) is 14.4. The Labute approximate surface area is 198 Å². The minimum atomic E-state index is -0.0718. The molecule has 1 aliphatic carbocycles. The van der Waals surface area contributed by atoms with Gasteiger partial charge in [-0.15, -0.1) is 0 Å². The SMILES string of the molecule is CCCCC(C)(C)CCCOC(=O)C1CCC(C(=O)OCCCC(C)(C)CCCC)CC1. The molecule has 1 aliphatic rings. The van der Waals surface area contributed by atoms with Crippen LogP contribution in [0.25, 0.3) is 0 Å². The summed E-state index contributed by atoms with van der Waals surface area (Å²) in [4.78, 5) is 24.8. The molecule has 1 fully saturated rings. The monoisotopic (exact) mass is 452 g/mol. The van der Waals surface area contributed by atoms with Gasteiger partial charge in [0.05, 0.1) is 25.0 Å². The van der Waals surface area contributed by atoms with Gasteiger partial charge in [-0.05, 0) is 75.0 Å². The van der Waals surface area contributed by atoms with E-state index >= 15 is 0 Å².